The summed E-state index contributed by atoms with van der Waals surface area (Å²) in [6, 6.07) is 7.94. The molecule has 18 heavy (non-hydrogen) atoms. The van der Waals surface area contributed by atoms with E-state index in [0.717, 1.165) is 34.0 Å². The summed E-state index contributed by atoms with van der Waals surface area (Å²) in [4.78, 5) is 2.26. The van der Waals surface area contributed by atoms with E-state index in [1.807, 2.05) is 24.3 Å². The average molecular weight is 398 g/mol. The molecule has 3 rings (SSSR count). The van der Waals surface area contributed by atoms with Gasteiger partial charge < -0.3 is 0 Å². The molecule has 86 valence electrons. The highest BCUT2D eigenvalue weighted by atomic mass is 79.9. The van der Waals surface area contributed by atoms with Crippen molar-refractivity contribution in [2.45, 2.75) is 0 Å². The maximum Gasteiger partial charge on any atom is 0.138 e. The van der Waals surface area contributed by atoms with Gasteiger partial charge in [0.25, 0.3) is 0 Å². The quantitative estimate of drug-likeness (QED) is 0.491. The first-order valence-electron chi connectivity index (χ1n) is 4.80. The molecule has 0 fully saturated rings. The zero-order valence-electron chi connectivity index (χ0n) is 8.62. The summed E-state index contributed by atoms with van der Waals surface area (Å²) in [5.41, 5.74) is 2.90. The molecular weight excluding hydrogens is 396 g/mol. The molecule has 0 radical (unpaired) electrons. The lowest BCUT2D eigenvalue weighted by atomic mass is 10.0. The lowest BCUT2D eigenvalue weighted by molar-refractivity contribution is 1.46. The zero-order chi connectivity index (χ0) is 12.9. The van der Waals surface area contributed by atoms with E-state index in [9.17, 15) is 0 Å². The number of rotatable bonds is 0. The van der Waals surface area contributed by atoms with Crippen LogP contribution in [-0.4, -0.2) is 0 Å². The second-order valence-corrected chi connectivity index (χ2v) is 8.42. The lowest BCUT2D eigenvalue weighted by Crippen LogP contribution is -1.84. The Kier molecular flexibility index (Phi) is 2.91. The van der Waals surface area contributed by atoms with Gasteiger partial charge in [0.15, 0.2) is 0 Å². The molecule has 1 aliphatic carbocycles. The third-order valence-corrected chi connectivity index (χ3v) is 6.06. The summed E-state index contributed by atoms with van der Waals surface area (Å²) in [6.07, 6.45) is 0. The van der Waals surface area contributed by atoms with Gasteiger partial charge in [-0.2, -0.15) is 10.5 Å². The van der Waals surface area contributed by atoms with Crippen LogP contribution in [0.15, 0.2) is 25.3 Å². The van der Waals surface area contributed by atoms with Crippen molar-refractivity contribution in [2.75, 3.05) is 0 Å². The van der Waals surface area contributed by atoms with Crippen LogP contribution in [-0.2, 0) is 0 Å². The summed E-state index contributed by atoms with van der Waals surface area (Å²) in [5.74, 6) is 0. The Morgan fingerprint density at radius 3 is 1.78 bits per heavy atom. The van der Waals surface area contributed by atoms with Gasteiger partial charge >= 0.3 is 0 Å². The van der Waals surface area contributed by atoms with Crippen LogP contribution in [0.5, 0.6) is 0 Å². The molecular formula is C12H2Br2N2S2. The van der Waals surface area contributed by atoms with Crippen LogP contribution in [0.25, 0.3) is 15.3 Å². The third-order valence-electron chi connectivity index (χ3n) is 2.62. The van der Waals surface area contributed by atoms with Crippen molar-refractivity contribution in [2.24, 2.45) is 0 Å². The van der Waals surface area contributed by atoms with Crippen molar-refractivity contribution in [3.63, 3.8) is 0 Å². The van der Waals surface area contributed by atoms with Crippen molar-refractivity contribution in [1.29, 1.82) is 10.5 Å². The number of nitriles is 2. The monoisotopic (exact) mass is 396 g/mol. The Morgan fingerprint density at radius 1 is 0.944 bits per heavy atom. The smallest absolute Gasteiger partial charge is 0.138 e. The number of fused-ring (bicyclic) bond motifs is 3. The first-order valence-corrected chi connectivity index (χ1v) is 8.02. The molecule has 0 saturated carbocycles. The zero-order valence-corrected chi connectivity index (χ0v) is 13.4. The molecule has 1 aliphatic rings. The minimum absolute atomic E-state index is 0.172. The van der Waals surface area contributed by atoms with Gasteiger partial charge in [0.2, 0.25) is 0 Å². The molecule has 0 bridgehead atoms. The third kappa shape index (κ3) is 1.61. The number of nitrogens with zero attached hydrogens (tertiary/aromatic N) is 2. The van der Waals surface area contributed by atoms with Gasteiger partial charge in [0, 0.05) is 16.7 Å². The molecule has 0 aromatic carbocycles. The molecule has 2 nitrogen and oxygen atoms in total. The Hall–Kier alpha value is -0.920. The van der Waals surface area contributed by atoms with Crippen molar-refractivity contribution in [3.8, 4) is 21.9 Å². The predicted octanol–water partition coefficient (Wildman–Crippen LogP) is 5.16. The minimum Gasteiger partial charge on any atom is -0.192 e. The highest BCUT2D eigenvalue weighted by molar-refractivity contribution is 9.11. The van der Waals surface area contributed by atoms with Crippen LogP contribution in [0.2, 0.25) is 0 Å². The van der Waals surface area contributed by atoms with Crippen LogP contribution in [0.4, 0.5) is 0 Å². The largest absolute Gasteiger partial charge is 0.192 e. The van der Waals surface area contributed by atoms with Crippen LogP contribution in [0, 0.1) is 22.7 Å². The molecule has 2 aromatic rings. The number of halogens is 2. The number of hydrogen-bond donors (Lipinski definition) is 0. The van der Waals surface area contributed by atoms with E-state index in [2.05, 4.69) is 31.9 Å². The van der Waals surface area contributed by atoms with Crippen LogP contribution < -0.4 is 0 Å². The average Bonchev–Trinajstić information content (AvgIpc) is 2.94. The topological polar surface area (TPSA) is 47.6 Å². The molecule has 0 atom stereocenters. The van der Waals surface area contributed by atoms with Crippen LogP contribution >= 0.6 is 54.5 Å². The molecule has 0 saturated heterocycles. The Balaban J connectivity index is 2.44. The minimum atomic E-state index is 0.172. The van der Waals surface area contributed by atoms with Crippen molar-refractivity contribution >= 4 is 60.1 Å². The molecule has 6 heteroatoms. The Labute approximate surface area is 128 Å². The fourth-order valence-electron chi connectivity index (χ4n) is 1.98. The van der Waals surface area contributed by atoms with E-state index in [1.165, 1.54) is 0 Å². The van der Waals surface area contributed by atoms with E-state index in [1.54, 1.807) is 22.7 Å². The van der Waals surface area contributed by atoms with Gasteiger partial charge in [0.05, 0.1) is 17.3 Å². The highest BCUT2D eigenvalue weighted by Gasteiger charge is 2.31. The fourth-order valence-corrected chi connectivity index (χ4v) is 5.35. The van der Waals surface area contributed by atoms with E-state index in [-0.39, 0.29) is 5.57 Å². The highest BCUT2D eigenvalue weighted by Crippen LogP contribution is 2.54. The van der Waals surface area contributed by atoms with Crippen LogP contribution in [0.1, 0.15) is 11.1 Å². The van der Waals surface area contributed by atoms with Crippen molar-refractivity contribution < 1.29 is 0 Å². The van der Waals surface area contributed by atoms with Crippen molar-refractivity contribution in [1.82, 2.24) is 0 Å². The van der Waals surface area contributed by atoms with Gasteiger partial charge in [-0.3, -0.25) is 0 Å². The Morgan fingerprint density at radius 2 is 1.39 bits per heavy atom. The van der Waals surface area contributed by atoms with Crippen molar-refractivity contribution in [3.05, 3.63) is 36.4 Å². The fraction of sp³-hybridized carbons (Fsp3) is 0. The Bertz CT molecular complexity index is 720. The summed E-state index contributed by atoms with van der Waals surface area (Å²) in [6.45, 7) is 0. The van der Waals surface area contributed by atoms with Gasteiger partial charge in [0.1, 0.15) is 17.7 Å². The number of allylic oxidation sites excluding steroid dienone is 1. The van der Waals surface area contributed by atoms with Gasteiger partial charge in [-0.25, -0.2) is 0 Å². The second kappa shape index (κ2) is 4.32. The van der Waals surface area contributed by atoms with E-state index < -0.39 is 0 Å². The molecule has 0 amide bonds. The van der Waals surface area contributed by atoms with Gasteiger partial charge in [-0.15, -0.1) is 22.7 Å². The molecule has 0 aliphatic heterocycles. The van der Waals surface area contributed by atoms with E-state index in [0.29, 0.717) is 0 Å². The SMILES string of the molecule is N#CC(C#N)=C1c2cc(Br)sc2-c2sc(Br)cc21. The number of hydrogen-bond acceptors (Lipinski definition) is 4. The maximum absolute atomic E-state index is 9.10. The number of thiophene rings is 2. The summed E-state index contributed by atoms with van der Waals surface area (Å²) in [7, 11) is 0. The summed E-state index contributed by atoms with van der Waals surface area (Å²) >= 11 is 10.2. The lowest BCUT2D eigenvalue weighted by Gasteiger charge is -1.97. The first-order chi connectivity index (χ1) is 8.65. The maximum atomic E-state index is 9.10. The summed E-state index contributed by atoms with van der Waals surface area (Å²) in [5, 5.41) is 18.2. The molecule has 0 unspecified atom stereocenters. The van der Waals surface area contributed by atoms with E-state index in [4.69, 9.17) is 10.5 Å². The molecule has 2 heterocycles. The normalized spacial score (nSPS) is 11.7. The molecule has 0 N–H and O–H groups in total. The van der Waals surface area contributed by atoms with Gasteiger partial charge in [-0.1, -0.05) is 0 Å². The standard InChI is InChI=1S/C12H2Br2N2S2/c13-8-1-6-10(5(3-15)4-16)7-2-9(14)18-12(7)11(6)17-8/h1-2H. The van der Waals surface area contributed by atoms with Crippen LogP contribution in [0.3, 0.4) is 0 Å². The second-order valence-electron chi connectivity index (χ2n) is 3.56. The first kappa shape index (κ1) is 12.1. The summed E-state index contributed by atoms with van der Waals surface area (Å²) < 4.78 is 2.02. The van der Waals surface area contributed by atoms with Gasteiger partial charge in [-0.05, 0) is 44.0 Å². The van der Waals surface area contributed by atoms with E-state index >= 15 is 0 Å². The molecule has 2 aromatic heterocycles. The predicted molar refractivity (Wildman–Crippen MR) is 80.3 cm³/mol. The molecule has 0 spiro atoms.